The third kappa shape index (κ3) is 3.64. The normalized spacial score (nSPS) is 22.9. The van der Waals surface area contributed by atoms with Crippen molar-refractivity contribution in [1.29, 1.82) is 0 Å². The summed E-state index contributed by atoms with van der Waals surface area (Å²) < 4.78 is 42.2. The summed E-state index contributed by atoms with van der Waals surface area (Å²) >= 11 is 6.04. The van der Waals surface area contributed by atoms with Gasteiger partial charge in [-0.15, -0.1) is 8.78 Å². The van der Waals surface area contributed by atoms with Gasteiger partial charge in [-0.2, -0.15) is 0 Å². The monoisotopic (exact) mass is 483 g/mol. The van der Waals surface area contributed by atoms with Gasteiger partial charge >= 0.3 is 6.29 Å². The molecular formula is C26H20ClF2NO4. The minimum Gasteiger partial charge on any atom is -0.485 e. The summed E-state index contributed by atoms with van der Waals surface area (Å²) in [6, 6.07) is 19.4. The van der Waals surface area contributed by atoms with Crippen molar-refractivity contribution >= 4 is 17.5 Å². The number of amides is 1. The Hall–Kier alpha value is -3.32. The molecule has 2 heterocycles. The predicted octanol–water partition coefficient (Wildman–Crippen LogP) is 6.07. The average Bonchev–Trinajstić information content (AvgIpc) is 3.56. The maximum atomic E-state index is 13.5. The zero-order valence-electron chi connectivity index (χ0n) is 17.9. The minimum atomic E-state index is -3.69. The van der Waals surface area contributed by atoms with Crippen molar-refractivity contribution < 1.29 is 27.8 Å². The number of para-hydroxylation sites is 1. The molecule has 174 valence electrons. The molecule has 1 fully saturated rings. The van der Waals surface area contributed by atoms with Gasteiger partial charge in [0.1, 0.15) is 11.9 Å². The van der Waals surface area contributed by atoms with Crippen LogP contribution < -0.4 is 19.5 Å². The summed E-state index contributed by atoms with van der Waals surface area (Å²) in [7, 11) is 0. The second-order valence-electron chi connectivity index (χ2n) is 8.87. The van der Waals surface area contributed by atoms with Crippen LogP contribution in [0, 0.1) is 0 Å². The third-order valence-electron chi connectivity index (χ3n) is 6.70. The Morgan fingerprint density at radius 1 is 0.941 bits per heavy atom. The summed E-state index contributed by atoms with van der Waals surface area (Å²) in [6.07, 6.45) is -2.14. The Labute approximate surface area is 199 Å². The number of fused-ring (bicyclic) bond motifs is 2. The van der Waals surface area contributed by atoms with Gasteiger partial charge in [0.25, 0.3) is 0 Å². The number of nitrogens with one attached hydrogen (secondary N) is 1. The molecule has 8 heteroatoms. The van der Waals surface area contributed by atoms with Gasteiger partial charge in [0.05, 0.1) is 11.5 Å². The summed E-state index contributed by atoms with van der Waals surface area (Å²) in [5, 5.41) is 3.85. The van der Waals surface area contributed by atoms with Crippen molar-refractivity contribution in [3.05, 3.63) is 88.4 Å². The molecule has 1 saturated carbocycles. The molecule has 2 aliphatic heterocycles. The van der Waals surface area contributed by atoms with E-state index in [0.29, 0.717) is 35.6 Å². The topological polar surface area (TPSA) is 56.8 Å². The lowest BCUT2D eigenvalue weighted by atomic mass is 9.90. The molecule has 3 aliphatic rings. The van der Waals surface area contributed by atoms with Gasteiger partial charge in [-0.25, -0.2) is 0 Å². The van der Waals surface area contributed by atoms with Gasteiger partial charge in [-0.05, 0) is 54.3 Å². The van der Waals surface area contributed by atoms with Crippen LogP contribution in [0.25, 0.3) is 0 Å². The fourth-order valence-electron chi connectivity index (χ4n) is 4.75. The van der Waals surface area contributed by atoms with E-state index in [-0.39, 0.29) is 29.6 Å². The van der Waals surface area contributed by atoms with Gasteiger partial charge in [0, 0.05) is 17.0 Å². The van der Waals surface area contributed by atoms with Gasteiger partial charge < -0.3 is 19.5 Å². The van der Waals surface area contributed by atoms with Crippen LogP contribution in [0.15, 0.2) is 66.7 Å². The van der Waals surface area contributed by atoms with E-state index in [2.05, 4.69) is 14.8 Å². The van der Waals surface area contributed by atoms with Crippen molar-refractivity contribution in [3.8, 4) is 17.2 Å². The first-order chi connectivity index (χ1) is 16.3. The lowest BCUT2D eigenvalue weighted by Crippen LogP contribution is -2.39. The first kappa shape index (κ1) is 21.2. The highest BCUT2D eigenvalue weighted by Crippen LogP contribution is 2.52. The Morgan fingerprint density at radius 2 is 1.68 bits per heavy atom. The highest BCUT2D eigenvalue weighted by molar-refractivity contribution is 6.30. The number of rotatable bonds is 4. The number of carbonyl (C=O) groups is 1. The molecule has 0 radical (unpaired) electrons. The molecule has 1 amide bonds. The molecule has 3 aromatic carbocycles. The first-order valence-electron chi connectivity index (χ1n) is 11.1. The van der Waals surface area contributed by atoms with Gasteiger partial charge in [0.2, 0.25) is 5.91 Å². The summed E-state index contributed by atoms with van der Waals surface area (Å²) in [5.74, 6) is 0.485. The van der Waals surface area contributed by atoms with Crippen molar-refractivity contribution in [2.75, 3.05) is 0 Å². The molecule has 1 N–H and O–H groups in total. The molecule has 0 spiro atoms. The van der Waals surface area contributed by atoms with Crippen LogP contribution in [0.5, 0.6) is 17.2 Å². The van der Waals surface area contributed by atoms with Crippen LogP contribution >= 0.6 is 11.6 Å². The zero-order valence-corrected chi connectivity index (χ0v) is 18.6. The number of carbonyl (C=O) groups excluding carboxylic acids is 1. The van der Waals surface area contributed by atoms with Crippen LogP contribution in [0.1, 0.15) is 48.1 Å². The molecule has 2 unspecified atom stereocenters. The Bertz CT molecular complexity index is 1280. The molecule has 0 aromatic heterocycles. The van der Waals surface area contributed by atoms with Crippen molar-refractivity contribution in [3.63, 3.8) is 0 Å². The van der Waals surface area contributed by atoms with Gasteiger partial charge in [0.15, 0.2) is 11.5 Å². The lowest BCUT2D eigenvalue weighted by molar-refractivity contribution is -0.286. The summed E-state index contributed by atoms with van der Waals surface area (Å²) in [4.78, 5) is 13.5. The number of hydrogen-bond donors (Lipinski definition) is 1. The van der Waals surface area contributed by atoms with Crippen molar-refractivity contribution in [1.82, 2.24) is 5.32 Å². The van der Waals surface area contributed by atoms with E-state index in [1.54, 1.807) is 6.07 Å². The van der Waals surface area contributed by atoms with Crippen LogP contribution in [0.3, 0.4) is 0 Å². The van der Waals surface area contributed by atoms with Crippen LogP contribution in [0.4, 0.5) is 8.78 Å². The van der Waals surface area contributed by atoms with Gasteiger partial charge in [-0.3, -0.25) is 4.79 Å². The standard InChI is InChI=1S/C26H20ClF2NO4/c27-17-8-5-15(6-9-17)22-14-19(18-3-1-2-4-20(18)32-22)30-24(31)25(11-12-25)16-7-10-21-23(13-16)34-26(28,29)33-21/h1-10,13,19,22H,11-12,14H2,(H,30,31). The number of alkyl halides is 2. The maximum Gasteiger partial charge on any atom is 0.586 e. The second-order valence-corrected chi connectivity index (χ2v) is 9.31. The Kier molecular flexibility index (Phi) is 4.74. The quantitative estimate of drug-likeness (QED) is 0.489. The van der Waals surface area contributed by atoms with E-state index in [9.17, 15) is 13.6 Å². The number of ether oxygens (including phenoxy) is 3. The first-order valence-corrected chi connectivity index (χ1v) is 11.4. The molecule has 34 heavy (non-hydrogen) atoms. The molecule has 3 aromatic rings. The number of halogens is 3. The minimum absolute atomic E-state index is 0.0332. The zero-order chi connectivity index (χ0) is 23.5. The van der Waals surface area contributed by atoms with E-state index >= 15 is 0 Å². The Balaban J connectivity index is 1.26. The van der Waals surface area contributed by atoms with E-state index in [1.807, 2.05) is 48.5 Å². The Morgan fingerprint density at radius 3 is 2.44 bits per heavy atom. The van der Waals surface area contributed by atoms with Crippen molar-refractivity contribution in [2.24, 2.45) is 0 Å². The van der Waals surface area contributed by atoms with E-state index in [0.717, 1.165) is 11.1 Å². The molecular weight excluding hydrogens is 464 g/mol. The van der Waals surface area contributed by atoms with E-state index in [1.165, 1.54) is 12.1 Å². The molecule has 2 atom stereocenters. The molecule has 0 bridgehead atoms. The van der Waals surface area contributed by atoms with Gasteiger partial charge in [-0.1, -0.05) is 48.0 Å². The number of hydrogen-bond acceptors (Lipinski definition) is 4. The average molecular weight is 484 g/mol. The fraction of sp³-hybridized carbons (Fsp3) is 0.269. The van der Waals surface area contributed by atoms with Crippen LogP contribution in [-0.4, -0.2) is 12.2 Å². The fourth-order valence-corrected chi connectivity index (χ4v) is 4.88. The van der Waals surface area contributed by atoms with Crippen LogP contribution in [0.2, 0.25) is 5.02 Å². The highest BCUT2D eigenvalue weighted by Gasteiger charge is 2.53. The number of benzene rings is 3. The largest absolute Gasteiger partial charge is 0.586 e. The van der Waals surface area contributed by atoms with E-state index < -0.39 is 11.7 Å². The third-order valence-corrected chi connectivity index (χ3v) is 6.95. The predicted molar refractivity (Wildman–Crippen MR) is 120 cm³/mol. The summed E-state index contributed by atoms with van der Waals surface area (Å²) in [5.41, 5.74) is 1.73. The van der Waals surface area contributed by atoms with E-state index in [4.69, 9.17) is 16.3 Å². The van der Waals surface area contributed by atoms with Crippen molar-refractivity contribution in [2.45, 2.75) is 43.1 Å². The second kappa shape index (κ2) is 7.60. The van der Waals surface area contributed by atoms with Crippen LogP contribution in [-0.2, 0) is 10.2 Å². The smallest absolute Gasteiger partial charge is 0.485 e. The molecule has 5 nitrogen and oxygen atoms in total. The highest BCUT2D eigenvalue weighted by atomic mass is 35.5. The maximum absolute atomic E-state index is 13.5. The molecule has 1 aliphatic carbocycles. The molecule has 0 saturated heterocycles. The summed E-state index contributed by atoms with van der Waals surface area (Å²) in [6.45, 7) is 0. The molecule has 6 rings (SSSR count). The lowest BCUT2D eigenvalue weighted by Gasteiger charge is -2.34. The SMILES string of the molecule is O=C(NC1CC(c2ccc(Cl)cc2)Oc2ccccc21)C1(c2ccc3c(c2)OC(F)(F)O3)CC1.